The molecule has 0 saturated carbocycles. The van der Waals surface area contributed by atoms with E-state index in [1.165, 1.54) is 12.1 Å². The van der Waals surface area contributed by atoms with Crippen LogP contribution in [-0.4, -0.2) is 44.7 Å². The molecule has 7 heteroatoms. The Morgan fingerprint density at radius 1 is 1.32 bits per heavy atom. The molecular weight excluding hydrogens is 357 g/mol. The minimum absolute atomic E-state index is 0.0422. The third-order valence-electron chi connectivity index (χ3n) is 5.71. The van der Waals surface area contributed by atoms with E-state index in [1.807, 2.05) is 42.0 Å². The van der Waals surface area contributed by atoms with Gasteiger partial charge in [0.1, 0.15) is 5.82 Å². The summed E-state index contributed by atoms with van der Waals surface area (Å²) in [4.78, 5) is 17.4. The van der Waals surface area contributed by atoms with Crippen molar-refractivity contribution in [2.45, 2.75) is 38.8 Å². The Morgan fingerprint density at radius 3 is 2.79 bits per heavy atom. The van der Waals surface area contributed by atoms with E-state index in [9.17, 15) is 9.18 Å². The number of fused-ring (bicyclic) bond motifs is 1. The zero-order valence-electron chi connectivity index (χ0n) is 16.2. The third kappa shape index (κ3) is 3.42. The summed E-state index contributed by atoms with van der Waals surface area (Å²) in [7, 11) is 0. The van der Waals surface area contributed by atoms with Crippen molar-refractivity contribution < 1.29 is 9.18 Å². The third-order valence-corrected chi connectivity index (χ3v) is 5.71. The number of carbonyl (C=O) groups excluding carboxylic acids is 1. The second-order valence-electron chi connectivity index (χ2n) is 7.93. The Morgan fingerprint density at radius 2 is 2.07 bits per heavy atom. The molecule has 0 bridgehead atoms. The van der Waals surface area contributed by atoms with Crippen LogP contribution in [0.2, 0.25) is 0 Å². The van der Waals surface area contributed by atoms with Crippen LogP contribution in [0.5, 0.6) is 0 Å². The molecule has 1 aliphatic heterocycles. The summed E-state index contributed by atoms with van der Waals surface area (Å²) in [5.74, 6) is -0.0701. The SMILES string of the molecule is CC(C)C(N)C(=O)N1CCC(n2cc(-c3c[nH]c4cc(F)ccc34)cn2)CC1. The Hall–Kier alpha value is -2.67. The molecule has 1 unspecified atom stereocenters. The summed E-state index contributed by atoms with van der Waals surface area (Å²) in [5.41, 5.74) is 8.80. The molecule has 3 aromatic rings. The van der Waals surface area contributed by atoms with E-state index in [0.29, 0.717) is 13.1 Å². The number of benzene rings is 1. The van der Waals surface area contributed by atoms with E-state index in [2.05, 4.69) is 10.1 Å². The zero-order chi connectivity index (χ0) is 19.8. The molecule has 1 aromatic carbocycles. The van der Waals surface area contributed by atoms with Crippen LogP contribution in [0.1, 0.15) is 32.7 Å². The number of nitrogens with two attached hydrogens (primary N) is 1. The monoisotopic (exact) mass is 383 g/mol. The molecule has 28 heavy (non-hydrogen) atoms. The lowest BCUT2D eigenvalue weighted by atomic mass is 10.0. The largest absolute Gasteiger partial charge is 0.360 e. The number of aromatic nitrogens is 3. The minimum Gasteiger partial charge on any atom is -0.360 e. The van der Waals surface area contributed by atoms with Gasteiger partial charge >= 0.3 is 0 Å². The van der Waals surface area contributed by atoms with Gasteiger partial charge in [-0.3, -0.25) is 9.48 Å². The average Bonchev–Trinajstić information content (AvgIpc) is 3.33. The molecule has 3 heterocycles. The van der Waals surface area contributed by atoms with Gasteiger partial charge in [0.2, 0.25) is 5.91 Å². The zero-order valence-corrected chi connectivity index (χ0v) is 16.2. The highest BCUT2D eigenvalue weighted by molar-refractivity contribution is 5.95. The molecule has 1 amide bonds. The Kier molecular flexibility index (Phi) is 4.93. The van der Waals surface area contributed by atoms with E-state index in [0.717, 1.165) is 34.9 Å². The number of rotatable bonds is 4. The number of amides is 1. The standard InChI is InChI=1S/C21H26FN5O/c1-13(2)20(23)21(28)26-7-5-16(6-8-26)27-12-14(10-25-27)18-11-24-19-9-15(22)3-4-17(18)19/h3-4,9-13,16,20,24H,5-8,23H2,1-2H3. The second kappa shape index (κ2) is 7.39. The quantitative estimate of drug-likeness (QED) is 0.725. The fourth-order valence-corrected chi connectivity index (χ4v) is 3.86. The highest BCUT2D eigenvalue weighted by atomic mass is 19.1. The van der Waals surface area contributed by atoms with Crippen molar-refractivity contribution in [1.82, 2.24) is 19.7 Å². The minimum atomic E-state index is -0.431. The van der Waals surface area contributed by atoms with Crippen LogP contribution in [0.25, 0.3) is 22.0 Å². The first-order valence-electron chi connectivity index (χ1n) is 9.79. The van der Waals surface area contributed by atoms with Crippen LogP contribution in [0.4, 0.5) is 4.39 Å². The number of hydrogen-bond acceptors (Lipinski definition) is 3. The lowest BCUT2D eigenvalue weighted by Gasteiger charge is -2.34. The van der Waals surface area contributed by atoms with Crippen molar-refractivity contribution in [3.05, 3.63) is 42.6 Å². The van der Waals surface area contributed by atoms with Gasteiger partial charge in [-0.15, -0.1) is 0 Å². The Bertz CT molecular complexity index is 984. The lowest BCUT2D eigenvalue weighted by molar-refractivity contribution is -0.134. The van der Waals surface area contributed by atoms with Crippen LogP contribution in [0.15, 0.2) is 36.8 Å². The van der Waals surface area contributed by atoms with Crippen molar-refractivity contribution in [1.29, 1.82) is 0 Å². The van der Waals surface area contributed by atoms with Gasteiger partial charge in [0.15, 0.2) is 0 Å². The smallest absolute Gasteiger partial charge is 0.239 e. The molecule has 0 radical (unpaired) electrons. The number of nitrogens with zero attached hydrogens (tertiary/aromatic N) is 3. The molecular formula is C21H26FN5O. The van der Waals surface area contributed by atoms with Crippen LogP contribution >= 0.6 is 0 Å². The van der Waals surface area contributed by atoms with Gasteiger partial charge in [0.05, 0.1) is 18.3 Å². The summed E-state index contributed by atoms with van der Waals surface area (Å²) in [5, 5.41) is 5.53. The molecule has 148 valence electrons. The van der Waals surface area contributed by atoms with Gasteiger partial charge in [-0.1, -0.05) is 13.8 Å². The van der Waals surface area contributed by atoms with E-state index in [-0.39, 0.29) is 23.7 Å². The van der Waals surface area contributed by atoms with Crippen LogP contribution in [0, 0.1) is 11.7 Å². The maximum atomic E-state index is 13.4. The first kappa shape index (κ1) is 18.7. The predicted octanol–water partition coefficient (Wildman–Crippen LogP) is 3.32. The van der Waals surface area contributed by atoms with Gasteiger partial charge in [-0.25, -0.2) is 4.39 Å². The Labute approximate surface area is 163 Å². The molecule has 1 saturated heterocycles. The summed E-state index contributed by atoms with van der Waals surface area (Å²) >= 11 is 0. The number of carbonyl (C=O) groups is 1. The topological polar surface area (TPSA) is 79.9 Å². The molecule has 1 aliphatic rings. The average molecular weight is 383 g/mol. The molecule has 3 N–H and O–H groups in total. The van der Waals surface area contributed by atoms with Crippen molar-refractivity contribution in [2.75, 3.05) is 13.1 Å². The van der Waals surface area contributed by atoms with Crippen molar-refractivity contribution >= 4 is 16.8 Å². The Balaban J connectivity index is 1.46. The van der Waals surface area contributed by atoms with Gasteiger partial charge in [-0.05, 0) is 37.0 Å². The number of nitrogens with one attached hydrogen (secondary N) is 1. The first-order chi connectivity index (χ1) is 13.4. The predicted molar refractivity (Wildman–Crippen MR) is 107 cm³/mol. The van der Waals surface area contributed by atoms with Crippen LogP contribution in [0.3, 0.4) is 0 Å². The molecule has 4 rings (SSSR count). The number of aromatic amines is 1. The molecule has 0 aliphatic carbocycles. The highest BCUT2D eigenvalue weighted by Gasteiger charge is 2.28. The van der Waals surface area contributed by atoms with E-state index in [4.69, 9.17) is 5.73 Å². The van der Waals surface area contributed by atoms with E-state index >= 15 is 0 Å². The summed E-state index contributed by atoms with van der Waals surface area (Å²) in [6.45, 7) is 5.34. The second-order valence-corrected chi connectivity index (χ2v) is 7.93. The number of halogens is 1. The van der Waals surface area contributed by atoms with Crippen molar-refractivity contribution in [2.24, 2.45) is 11.7 Å². The molecule has 0 spiro atoms. The number of hydrogen-bond donors (Lipinski definition) is 2. The summed E-state index contributed by atoms with van der Waals surface area (Å²) in [6, 6.07) is 4.59. The van der Waals surface area contributed by atoms with Gasteiger partial charge in [0.25, 0.3) is 0 Å². The van der Waals surface area contributed by atoms with Crippen LogP contribution in [-0.2, 0) is 4.79 Å². The fraction of sp³-hybridized carbons (Fsp3) is 0.429. The van der Waals surface area contributed by atoms with Gasteiger partial charge in [-0.2, -0.15) is 5.10 Å². The molecule has 1 atom stereocenters. The normalized spacial score (nSPS) is 16.8. The van der Waals surface area contributed by atoms with Gasteiger partial charge in [0, 0.05) is 47.5 Å². The lowest BCUT2D eigenvalue weighted by Crippen LogP contribution is -2.49. The summed E-state index contributed by atoms with van der Waals surface area (Å²) in [6.07, 6.45) is 7.49. The number of H-pyrrole nitrogens is 1. The molecule has 6 nitrogen and oxygen atoms in total. The van der Waals surface area contributed by atoms with Crippen molar-refractivity contribution in [3.63, 3.8) is 0 Å². The molecule has 1 fully saturated rings. The molecule has 2 aromatic heterocycles. The maximum Gasteiger partial charge on any atom is 0.239 e. The number of piperidine rings is 1. The summed E-state index contributed by atoms with van der Waals surface area (Å²) < 4.78 is 15.4. The maximum absolute atomic E-state index is 13.4. The van der Waals surface area contributed by atoms with Crippen LogP contribution < -0.4 is 5.73 Å². The number of likely N-dealkylation sites (tertiary alicyclic amines) is 1. The van der Waals surface area contributed by atoms with Gasteiger partial charge < -0.3 is 15.6 Å². The van der Waals surface area contributed by atoms with E-state index < -0.39 is 6.04 Å². The first-order valence-corrected chi connectivity index (χ1v) is 9.79. The van der Waals surface area contributed by atoms with E-state index in [1.54, 1.807) is 6.07 Å². The fourth-order valence-electron chi connectivity index (χ4n) is 3.86. The van der Waals surface area contributed by atoms with Crippen molar-refractivity contribution in [3.8, 4) is 11.1 Å². The highest BCUT2D eigenvalue weighted by Crippen LogP contribution is 2.30.